The molecule has 404 valence electrons. The summed E-state index contributed by atoms with van der Waals surface area (Å²) >= 11 is 11.9. The highest BCUT2D eigenvalue weighted by Gasteiger charge is 2.35. The lowest BCUT2D eigenvalue weighted by Gasteiger charge is -2.15. The van der Waals surface area contributed by atoms with Crippen molar-refractivity contribution >= 4 is 83.9 Å². The number of nitrogens with two attached hydrogens (primary N) is 1. The van der Waals surface area contributed by atoms with Crippen LogP contribution in [0.2, 0.25) is 10.0 Å². The van der Waals surface area contributed by atoms with Gasteiger partial charge in [-0.15, -0.1) is 0 Å². The van der Waals surface area contributed by atoms with E-state index in [0.717, 1.165) is 48.8 Å². The number of aromatic nitrogens is 2. The second-order valence-corrected chi connectivity index (χ2v) is 21.6. The maximum atomic E-state index is 13.5. The SMILES string of the molecule is CC(C)N=C=O.Cc1ccc(CC(=O)NC(C)C)cc1C(=O)c1ncc(Cl)cc1NS(=O)(=O)c1ccc(C)c(C(F)(F)F)c1.Cc1ccc(N)cc1C(=O)c1ncc(Cl)cc1NS(=O)(=O)c1ccc(C)c(C(F)(F)F)c1. The van der Waals surface area contributed by atoms with E-state index in [9.17, 15) is 62.4 Å². The Morgan fingerprint density at radius 1 is 0.632 bits per heavy atom. The van der Waals surface area contributed by atoms with Gasteiger partial charge in [-0.3, -0.25) is 23.8 Å². The number of nitrogen functional groups attached to an aromatic ring is 1. The standard InChI is InChI=1S/C26H25ClF3N3O4S.C21H17ClF3N3O3S.C4H7NO/c1-14(2)32-23(34)10-17-7-5-15(3)20(9-17)25(35)24-22(11-18(27)13-31-24)33-38(36,37)19-8-6-16(4)21(12-19)26(28,29)30;1-11-3-5-14(26)8-16(11)20(29)19-18(7-13(22)10-27-19)28-32(30,31)15-6-4-12(2)17(9-15)21(23,24)25;1-4(2)5-3-6/h5-9,11-14,33H,10H2,1-4H3,(H,32,34);3-10,28H,26H2,1-2H3;4H,1-2H3. The Kier molecular flexibility index (Phi) is 20.3. The third kappa shape index (κ3) is 16.7. The van der Waals surface area contributed by atoms with Crippen LogP contribution in [0, 0.1) is 27.7 Å². The molecule has 25 heteroatoms. The van der Waals surface area contributed by atoms with Crippen LogP contribution < -0.4 is 20.5 Å². The Morgan fingerprint density at radius 2 is 1.04 bits per heavy atom. The van der Waals surface area contributed by atoms with Gasteiger partial charge in [0.05, 0.1) is 54.8 Å². The number of ketones is 2. The second kappa shape index (κ2) is 25.1. The van der Waals surface area contributed by atoms with Gasteiger partial charge in [-0.1, -0.05) is 53.5 Å². The van der Waals surface area contributed by atoms with E-state index < -0.39 is 64.9 Å². The van der Waals surface area contributed by atoms with Crippen LogP contribution in [0.25, 0.3) is 0 Å². The maximum Gasteiger partial charge on any atom is 0.416 e. The van der Waals surface area contributed by atoms with Crippen LogP contribution in [0.3, 0.4) is 0 Å². The molecular weight excluding hydrogens is 1090 g/mol. The number of amides is 1. The Hall–Kier alpha value is -7.17. The average molecular weight is 1140 g/mol. The molecule has 2 heterocycles. The van der Waals surface area contributed by atoms with E-state index in [-0.39, 0.29) is 79.5 Å². The second-order valence-electron chi connectivity index (χ2n) is 17.4. The van der Waals surface area contributed by atoms with Gasteiger partial charge in [0, 0.05) is 35.2 Å². The minimum atomic E-state index is -4.76. The van der Waals surface area contributed by atoms with E-state index >= 15 is 0 Å². The summed E-state index contributed by atoms with van der Waals surface area (Å²) in [6.07, 6.45) is -5.74. The summed E-state index contributed by atoms with van der Waals surface area (Å²) in [7, 11) is -9.08. The van der Waals surface area contributed by atoms with Crippen molar-refractivity contribution in [3.05, 3.63) is 169 Å². The van der Waals surface area contributed by atoms with Crippen molar-refractivity contribution < 1.29 is 62.4 Å². The Morgan fingerprint density at radius 3 is 1.42 bits per heavy atom. The van der Waals surface area contributed by atoms with Crippen molar-refractivity contribution in [2.75, 3.05) is 15.2 Å². The number of carbonyl (C=O) groups is 3. The van der Waals surface area contributed by atoms with Crippen molar-refractivity contribution in [1.82, 2.24) is 15.3 Å². The number of sulfonamides is 2. The van der Waals surface area contributed by atoms with E-state index in [1.807, 2.05) is 27.7 Å². The summed E-state index contributed by atoms with van der Waals surface area (Å²) < 4.78 is 136. The number of alkyl halides is 6. The van der Waals surface area contributed by atoms with Gasteiger partial charge in [0.25, 0.3) is 20.0 Å². The molecule has 6 aromatic rings. The molecule has 0 saturated carbocycles. The van der Waals surface area contributed by atoms with Crippen LogP contribution in [-0.2, 0) is 48.4 Å². The molecule has 0 bridgehead atoms. The highest BCUT2D eigenvalue weighted by atomic mass is 35.5. The van der Waals surface area contributed by atoms with Crippen LogP contribution in [0.5, 0.6) is 0 Å². The monoisotopic (exact) mass is 1140 g/mol. The van der Waals surface area contributed by atoms with Crippen LogP contribution in [0.1, 0.15) is 98.7 Å². The summed E-state index contributed by atoms with van der Waals surface area (Å²) in [5, 5.41) is 2.77. The average Bonchev–Trinajstić information content (AvgIpc) is 3.29. The fourth-order valence-corrected chi connectivity index (χ4v) is 9.26. The summed E-state index contributed by atoms with van der Waals surface area (Å²) in [5.41, 5.74) is 4.44. The number of rotatable bonds is 14. The van der Waals surface area contributed by atoms with Gasteiger partial charge < -0.3 is 11.1 Å². The molecule has 15 nitrogen and oxygen atoms in total. The number of aliphatic imine (C=N–C) groups is 1. The molecule has 2 aromatic heterocycles. The molecule has 0 saturated heterocycles. The fourth-order valence-electron chi connectivity index (χ4n) is 6.78. The molecule has 0 aliphatic rings. The molecular formula is C51H49Cl2F6N7O8S2. The zero-order valence-corrected chi connectivity index (χ0v) is 44.8. The van der Waals surface area contributed by atoms with Crippen LogP contribution in [-0.4, -0.2) is 62.4 Å². The summed E-state index contributed by atoms with van der Waals surface area (Å²) in [6, 6.07) is 17.0. The molecule has 0 spiro atoms. The molecule has 4 aromatic carbocycles. The molecule has 1 amide bonds. The Balaban J connectivity index is 0.000000300. The van der Waals surface area contributed by atoms with E-state index in [1.54, 1.807) is 38.1 Å². The first-order chi connectivity index (χ1) is 35.1. The number of aryl methyl sites for hydroxylation is 4. The molecule has 0 unspecified atom stereocenters. The minimum absolute atomic E-state index is 0.00466. The summed E-state index contributed by atoms with van der Waals surface area (Å²) in [6.45, 7) is 13.0. The zero-order valence-electron chi connectivity index (χ0n) is 41.6. The molecule has 5 N–H and O–H groups in total. The number of pyridine rings is 2. The summed E-state index contributed by atoms with van der Waals surface area (Å²) in [4.78, 5) is 58.0. The van der Waals surface area contributed by atoms with Crippen LogP contribution in [0.4, 0.5) is 43.4 Å². The minimum Gasteiger partial charge on any atom is -0.399 e. The van der Waals surface area contributed by atoms with Gasteiger partial charge in [-0.05, 0) is 138 Å². The van der Waals surface area contributed by atoms with Crippen LogP contribution >= 0.6 is 23.2 Å². The molecule has 6 rings (SSSR count). The maximum absolute atomic E-state index is 13.5. The van der Waals surface area contributed by atoms with Crippen molar-refractivity contribution in [2.45, 2.75) is 96.0 Å². The lowest BCUT2D eigenvalue weighted by atomic mass is 9.97. The molecule has 76 heavy (non-hydrogen) atoms. The van der Waals surface area contributed by atoms with Gasteiger partial charge in [0.2, 0.25) is 23.6 Å². The van der Waals surface area contributed by atoms with E-state index in [0.29, 0.717) is 34.5 Å². The topological polar surface area (TPSA) is 237 Å². The lowest BCUT2D eigenvalue weighted by Crippen LogP contribution is -2.31. The van der Waals surface area contributed by atoms with E-state index in [1.165, 1.54) is 32.1 Å². The molecule has 0 aliphatic carbocycles. The van der Waals surface area contributed by atoms with Gasteiger partial charge in [0.1, 0.15) is 11.4 Å². The highest BCUT2D eigenvalue weighted by molar-refractivity contribution is 7.93. The third-order valence-electron chi connectivity index (χ3n) is 10.5. The molecule has 0 aliphatic heterocycles. The van der Waals surface area contributed by atoms with Crippen molar-refractivity contribution in [3.8, 4) is 0 Å². The normalized spacial score (nSPS) is 11.6. The first kappa shape index (κ1) is 61.4. The third-order valence-corrected chi connectivity index (χ3v) is 13.6. The number of isocyanates is 1. The summed E-state index contributed by atoms with van der Waals surface area (Å²) in [5.74, 6) is -1.54. The quantitative estimate of drug-likeness (QED) is 0.0263. The van der Waals surface area contributed by atoms with E-state index in [4.69, 9.17) is 28.9 Å². The van der Waals surface area contributed by atoms with Crippen molar-refractivity contribution in [1.29, 1.82) is 0 Å². The lowest BCUT2D eigenvalue weighted by molar-refractivity contribution is -0.139. The van der Waals surface area contributed by atoms with Gasteiger partial charge in [-0.25, -0.2) is 36.6 Å². The number of carbonyl (C=O) groups excluding carboxylic acids is 4. The molecule has 0 fully saturated rings. The number of halogens is 8. The Bertz CT molecular complexity index is 3460. The number of hydrogen-bond donors (Lipinski definition) is 4. The fraction of sp³-hybridized carbons (Fsp3) is 0.255. The Labute approximate surface area is 444 Å². The predicted octanol–water partition coefficient (Wildman–Crippen LogP) is 11.2. The van der Waals surface area contributed by atoms with Gasteiger partial charge in [0.15, 0.2) is 0 Å². The largest absolute Gasteiger partial charge is 0.416 e. The predicted molar refractivity (Wildman–Crippen MR) is 276 cm³/mol. The number of benzene rings is 4. The first-order valence-electron chi connectivity index (χ1n) is 22.3. The van der Waals surface area contributed by atoms with Gasteiger partial charge in [-0.2, -0.15) is 26.3 Å². The van der Waals surface area contributed by atoms with Gasteiger partial charge >= 0.3 is 12.4 Å². The highest BCUT2D eigenvalue weighted by Crippen LogP contribution is 2.36. The number of nitrogens with one attached hydrogen (secondary N) is 3. The number of anilines is 3. The van der Waals surface area contributed by atoms with E-state index in [2.05, 4.69) is 29.7 Å². The smallest absolute Gasteiger partial charge is 0.399 e. The molecule has 0 radical (unpaired) electrons. The van der Waals surface area contributed by atoms with Crippen molar-refractivity contribution in [2.24, 2.45) is 4.99 Å². The number of nitrogens with zero attached hydrogens (tertiary/aromatic N) is 3. The first-order valence-corrected chi connectivity index (χ1v) is 26.0. The van der Waals surface area contributed by atoms with Crippen LogP contribution in [0.15, 0.2) is 112 Å². The molecule has 0 atom stereocenters. The number of hydrogen-bond acceptors (Lipinski definition) is 12. The van der Waals surface area contributed by atoms with Crippen molar-refractivity contribution in [3.63, 3.8) is 0 Å². The zero-order chi connectivity index (χ0) is 57.2.